The van der Waals surface area contributed by atoms with Gasteiger partial charge in [0.05, 0.1) is 6.61 Å². The van der Waals surface area contributed by atoms with E-state index in [1.807, 2.05) is 13.0 Å². The van der Waals surface area contributed by atoms with Crippen LogP contribution in [0.4, 0.5) is 0 Å². The molecule has 2 aliphatic heterocycles. The summed E-state index contributed by atoms with van der Waals surface area (Å²) < 4.78 is 62.3. The van der Waals surface area contributed by atoms with Gasteiger partial charge in [-0.25, -0.2) is 0 Å². The summed E-state index contributed by atoms with van der Waals surface area (Å²) in [5.41, 5.74) is 0.898. The van der Waals surface area contributed by atoms with Gasteiger partial charge in [-0.2, -0.15) is 0 Å². The van der Waals surface area contributed by atoms with E-state index < -0.39 is 116 Å². The van der Waals surface area contributed by atoms with Crippen LogP contribution in [0, 0.1) is 0 Å². The summed E-state index contributed by atoms with van der Waals surface area (Å²) in [5.74, 6) is -5.43. The van der Waals surface area contributed by atoms with Gasteiger partial charge in [0.2, 0.25) is 12.4 Å². The monoisotopic (exact) mass is 740 g/mol. The molecule has 10 atom stereocenters. The van der Waals surface area contributed by atoms with Gasteiger partial charge < -0.3 is 52.1 Å². The number of hydrogen-bond acceptors (Lipinski definition) is 18. The van der Waals surface area contributed by atoms with Crippen molar-refractivity contribution < 1.29 is 85.7 Å². The van der Waals surface area contributed by atoms with Crippen molar-refractivity contribution in [1.29, 1.82) is 0 Å². The fourth-order valence-corrected chi connectivity index (χ4v) is 5.57. The normalized spacial score (nSPS) is 28.3. The maximum atomic E-state index is 12.4. The molecule has 2 saturated heterocycles. The third kappa shape index (κ3) is 12.2. The van der Waals surface area contributed by atoms with Gasteiger partial charge in [-0.15, -0.1) is 0 Å². The van der Waals surface area contributed by atoms with Crippen molar-refractivity contribution in [2.75, 3.05) is 13.2 Å². The average Bonchev–Trinajstić information content (AvgIpc) is 3.03. The Kier molecular flexibility index (Phi) is 15.3. The second-order valence-corrected chi connectivity index (χ2v) is 11.8. The first-order valence-electron chi connectivity index (χ1n) is 16.3. The topological polar surface area (TPSA) is 221 Å². The molecule has 0 spiro atoms. The lowest BCUT2D eigenvalue weighted by atomic mass is 9.97. The zero-order valence-corrected chi connectivity index (χ0v) is 30.1. The van der Waals surface area contributed by atoms with Crippen molar-refractivity contribution in [3.8, 4) is 5.75 Å². The molecule has 2 heterocycles. The molecule has 0 amide bonds. The standard InChI is InChI=1S/C34H44O18/c1-9-23-11-10-12-24(13-23)50-34-32(49-22(8)41)30(47-20(6)39)28(45-18(4)37)26(52-34)15-43-33-31(48-21(7)40)29(46-19(5)38)27(44-17(3)36)25(51-33)14-42-16(2)35/h10-13,25-34H,9,14-15H2,1-8H3. The number of rotatable bonds is 14. The van der Waals surface area contributed by atoms with Crippen LogP contribution in [-0.4, -0.2) is 116 Å². The Bertz CT molecular complexity index is 1460. The minimum Gasteiger partial charge on any atom is -0.463 e. The predicted octanol–water partition coefficient (Wildman–Crippen LogP) is 1.25. The maximum absolute atomic E-state index is 12.4. The van der Waals surface area contributed by atoms with Crippen LogP contribution in [0.15, 0.2) is 24.3 Å². The van der Waals surface area contributed by atoms with Crippen molar-refractivity contribution in [1.82, 2.24) is 0 Å². The van der Waals surface area contributed by atoms with Gasteiger partial charge in [-0.3, -0.25) is 33.6 Å². The van der Waals surface area contributed by atoms with E-state index in [2.05, 4.69) is 0 Å². The Labute approximate surface area is 299 Å². The SMILES string of the molecule is CCc1cccc(OC2OC(COC3OC(COC(C)=O)C(OC(C)=O)C(OC(C)=O)C3OC(C)=O)C(OC(C)=O)C(OC(C)=O)C2OC(C)=O)c1. The molecule has 288 valence electrons. The molecule has 0 bridgehead atoms. The Morgan fingerprint density at radius 2 is 0.962 bits per heavy atom. The number of esters is 7. The first kappa shape index (κ1) is 41.6. The molecule has 1 aromatic carbocycles. The van der Waals surface area contributed by atoms with E-state index in [-0.39, 0.29) is 0 Å². The molecule has 0 aromatic heterocycles. The number of ether oxygens (including phenoxy) is 11. The van der Waals surface area contributed by atoms with Crippen molar-refractivity contribution in [2.24, 2.45) is 0 Å². The molecular formula is C34H44O18. The predicted molar refractivity (Wildman–Crippen MR) is 170 cm³/mol. The van der Waals surface area contributed by atoms with E-state index in [4.69, 9.17) is 52.1 Å². The van der Waals surface area contributed by atoms with Crippen molar-refractivity contribution in [3.05, 3.63) is 29.8 Å². The summed E-state index contributed by atoms with van der Waals surface area (Å²) in [7, 11) is 0. The number of aryl methyl sites for hydroxylation is 1. The van der Waals surface area contributed by atoms with Gasteiger partial charge in [0, 0.05) is 48.5 Å². The van der Waals surface area contributed by atoms with Crippen LogP contribution in [0.1, 0.15) is 61.0 Å². The molecule has 0 saturated carbocycles. The third-order valence-electron chi connectivity index (χ3n) is 7.43. The molecule has 0 aliphatic carbocycles. The average molecular weight is 741 g/mol. The van der Waals surface area contributed by atoms with Crippen molar-refractivity contribution >= 4 is 41.8 Å². The highest BCUT2D eigenvalue weighted by Gasteiger charge is 2.56. The zero-order valence-electron chi connectivity index (χ0n) is 30.1. The number of carbonyl (C=O) groups excluding carboxylic acids is 7. The van der Waals surface area contributed by atoms with E-state index in [1.165, 1.54) is 0 Å². The highest BCUT2D eigenvalue weighted by Crippen LogP contribution is 2.34. The first-order valence-corrected chi connectivity index (χ1v) is 16.3. The Balaban J connectivity index is 2.07. The zero-order chi connectivity index (χ0) is 38.7. The molecule has 18 heteroatoms. The first-order chi connectivity index (χ1) is 24.5. The van der Waals surface area contributed by atoms with Crippen LogP contribution in [0.3, 0.4) is 0 Å². The molecule has 2 aliphatic rings. The smallest absolute Gasteiger partial charge is 0.303 e. The van der Waals surface area contributed by atoms with Gasteiger partial charge in [0.1, 0.15) is 24.6 Å². The lowest BCUT2D eigenvalue weighted by Crippen LogP contribution is -2.65. The van der Waals surface area contributed by atoms with Crippen LogP contribution < -0.4 is 4.74 Å². The van der Waals surface area contributed by atoms with E-state index in [0.29, 0.717) is 12.2 Å². The molecular weight excluding hydrogens is 696 g/mol. The van der Waals surface area contributed by atoms with Gasteiger partial charge in [-0.05, 0) is 24.1 Å². The van der Waals surface area contributed by atoms with Gasteiger partial charge in [-0.1, -0.05) is 19.1 Å². The molecule has 52 heavy (non-hydrogen) atoms. The summed E-state index contributed by atoms with van der Waals surface area (Å²) in [6.45, 7) is 8.43. The fourth-order valence-electron chi connectivity index (χ4n) is 5.57. The lowest BCUT2D eigenvalue weighted by molar-refractivity contribution is -0.327. The Hall–Kier alpha value is -4.81. The highest BCUT2D eigenvalue weighted by atomic mass is 16.8. The lowest BCUT2D eigenvalue weighted by Gasteiger charge is -2.46. The number of benzene rings is 1. The summed E-state index contributed by atoms with van der Waals surface area (Å²) in [5, 5.41) is 0. The van der Waals surface area contributed by atoms with Gasteiger partial charge in [0.25, 0.3) is 0 Å². The maximum Gasteiger partial charge on any atom is 0.303 e. The largest absolute Gasteiger partial charge is 0.463 e. The number of hydrogen-bond donors (Lipinski definition) is 0. The molecule has 2 fully saturated rings. The summed E-state index contributed by atoms with van der Waals surface area (Å²) in [6, 6.07) is 6.93. The Morgan fingerprint density at radius 3 is 1.42 bits per heavy atom. The molecule has 1 aromatic rings. The molecule has 3 rings (SSSR count). The number of carbonyl (C=O) groups is 7. The van der Waals surface area contributed by atoms with Crippen LogP contribution in [0.25, 0.3) is 0 Å². The highest BCUT2D eigenvalue weighted by molar-refractivity contribution is 5.69. The van der Waals surface area contributed by atoms with Crippen molar-refractivity contribution in [2.45, 2.75) is 123 Å². The van der Waals surface area contributed by atoms with E-state index in [9.17, 15) is 33.6 Å². The molecule has 0 radical (unpaired) electrons. The second-order valence-electron chi connectivity index (χ2n) is 11.8. The quantitative estimate of drug-likeness (QED) is 0.193. The van der Waals surface area contributed by atoms with E-state index >= 15 is 0 Å². The molecule has 10 unspecified atom stereocenters. The van der Waals surface area contributed by atoms with Crippen LogP contribution in [0.2, 0.25) is 0 Å². The van der Waals surface area contributed by atoms with Gasteiger partial charge >= 0.3 is 41.8 Å². The van der Waals surface area contributed by atoms with Gasteiger partial charge in [0.15, 0.2) is 36.8 Å². The summed E-state index contributed by atoms with van der Waals surface area (Å²) >= 11 is 0. The molecule has 18 nitrogen and oxygen atoms in total. The van der Waals surface area contributed by atoms with E-state index in [0.717, 1.165) is 54.0 Å². The molecule has 0 N–H and O–H groups in total. The van der Waals surface area contributed by atoms with Crippen LogP contribution in [-0.2, 0) is 87.4 Å². The van der Waals surface area contributed by atoms with E-state index in [1.54, 1.807) is 18.2 Å². The van der Waals surface area contributed by atoms with Crippen LogP contribution in [0.5, 0.6) is 5.75 Å². The third-order valence-corrected chi connectivity index (χ3v) is 7.43. The minimum absolute atomic E-state index is 0.299. The summed E-state index contributed by atoms with van der Waals surface area (Å²) in [4.78, 5) is 85.3. The van der Waals surface area contributed by atoms with Crippen LogP contribution >= 0.6 is 0 Å². The Morgan fingerprint density at radius 1 is 0.538 bits per heavy atom. The summed E-state index contributed by atoms with van der Waals surface area (Å²) in [6.07, 6.45) is -14.2. The second kappa shape index (κ2) is 19.1. The fraction of sp³-hybridized carbons (Fsp3) is 0.618. The van der Waals surface area contributed by atoms with Crippen molar-refractivity contribution in [3.63, 3.8) is 0 Å². The minimum atomic E-state index is -1.64.